The number of para-hydroxylation sites is 3. The summed E-state index contributed by atoms with van der Waals surface area (Å²) >= 11 is 1.61. The quantitative estimate of drug-likeness (QED) is 0.505. The van der Waals surface area contributed by atoms with Crippen molar-refractivity contribution in [3.63, 3.8) is 0 Å². The molecule has 2 aliphatic rings. The molecule has 178 valence electrons. The maximum atomic E-state index is 13.3. The van der Waals surface area contributed by atoms with E-state index in [4.69, 9.17) is 4.74 Å². The molecule has 0 spiro atoms. The lowest BCUT2D eigenvalue weighted by molar-refractivity contribution is -0.153. The number of carbonyl (C=O) groups excluding carboxylic acids is 3. The van der Waals surface area contributed by atoms with Gasteiger partial charge in [0.05, 0.1) is 17.3 Å². The fraction of sp³-hybridized carbons (Fsp3) is 0.222. The van der Waals surface area contributed by atoms with Crippen LogP contribution in [0.1, 0.15) is 12.8 Å². The Balaban J connectivity index is 1.22. The van der Waals surface area contributed by atoms with Crippen LogP contribution >= 0.6 is 11.8 Å². The first-order valence-corrected chi connectivity index (χ1v) is 12.4. The van der Waals surface area contributed by atoms with E-state index >= 15 is 0 Å². The molecule has 1 saturated heterocycles. The summed E-state index contributed by atoms with van der Waals surface area (Å²) in [5, 5.41) is 2.86. The number of anilines is 3. The van der Waals surface area contributed by atoms with Crippen LogP contribution in [-0.4, -0.2) is 42.5 Å². The van der Waals surface area contributed by atoms with E-state index in [1.807, 2.05) is 78.9 Å². The van der Waals surface area contributed by atoms with Gasteiger partial charge in [0.25, 0.3) is 5.91 Å². The lowest BCUT2D eigenvalue weighted by Gasteiger charge is -2.32. The van der Waals surface area contributed by atoms with Gasteiger partial charge in [0.1, 0.15) is 0 Å². The zero-order chi connectivity index (χ0) is 24.2. The first-order valence-electron chi connectivity index (χ1n) is 11.6. The van der Waals surface area contributed by atoms with Crippen LogP contribution in [0.25, 0.3) is 0 Å². The molecule has 0 unspecified atom stereocenters. The Morgan fingerprint density at radius 2 is 1.51 bits per heavy atom. The number of benzene rings is 3. The van der Waals surface area contributed by atoms with Crippen molar-refractivity contribution in [3.8, 4) is 0 Å². The van der Waals surface area contributed by atoms with Crippen molar-refractivity contribution < 1.29 is 19.1 Å². The van der Waals surface area contributed by atoms with Gasteiger partial charge in [-0.2, -0.15) is 0 Å². The standard InChI is InChI=1S/C27H25N3O4S/c31-25(30-21-12-4-6-14-23(21)35-24-15-7-5-13-22(24)30)18-34-26(32)19-9-8-16-29(17-19)27(33)28-20-10-2-1-3-11-20/h1-7,10-15,19H,8-9,16-18H2,(H,28,33)/t19-/m1/s1. The molecule has 0 bridgehead atoms. The van der Waals surface area contributed by atoms with E-state index in [1.54, 1.807) is 21.6 Å². The number of hydrogen-bond acceptors (Lipinski definition) is 5. The number of hydrogen-bond donors (Lipinski definition) is 1. The summed E-state index contributed by atoms with van der Waals surface area (Å²) in [6, 6.07) is 24.3. The zero-order valence-corrected chi connectivity index (χ0v) is 19.9. The lowest BCUT2D eigenvalue weighted by atomic mass is 9.98. The smallest absolute Gasteiger partial charge is 0.321 e. The predicted molar refractivity (Wildman–Crippen MR) is 135 cm³/mol. The molecule has 5 rings (SSSR count). The molecule has 2 heterocycles. The highest BCUT2D eigenvalue weighted by Gasteiger charge is 2.32. The number of ether oxygens (including phenoxy) is 1. The molecule has 35 heavy (non-hydrogen) atoms. The molecule has 3 aromatic carbocycles. The highest BCUT2D eigenvalue weighted by Crippen LogP contribution is 2.47. The largest absolute Gasteiger partial charge is 0.455 e. The van der Waals surface area contributed by atoms with Gasteiger partial charge in [0.15, 0.2) is 6.61 Å². The Morgan fingerprint density at radius 3 is 2.20 bits per heavy atom. The van der Waals surface area contributed by atoms with Gasteiger partial charge in [0, 0.05) is 28.6 Å². The van der Waals surface area contributed by atoms with E-state index in [2.05, 4.69) is 5.32 Å². The van der Waals surface area contributed by atoms with Gasteiger partial charge in [-0.05, 0) is 49.2 Å². The van der Waals surface area contributed by atoms with Crippen LogP contribution in [0.15, 0.2) is 88.7 Å². The van der Waals surface area contributed by atoms with E-state index in [-0.39, 0.29) is 25.1 Å². The molecular formula is C27H25N3O4S. The van der Waals surface area contributed by atoms with Crippen LogP contribution in [0.2, 0.25) is 0 Å². The second-order valence-electron chi connectivity index (χ2n) is 8.46. The van der Waals surface area contributed by atoms with Crippen LogP contribution < -0.4 is 10.2 Å². The normalized spacial score (nSPS) is 16.6. The fourth-order valence-electron chi connectivity index (χ4n) is 4.37. The molecule has 3 amide bonds. The minimum absolute atomic E-state index is 0.246. The molecule has 3 aromatic rings. The Kier molecular flexibility index (Phi) is 6.72. The van der Waals surface area contributed by atoms with Gasteiger partial charge in [-0.1, -0.05) is 54.2 Å². The summed E-state index contributed by atoms with van der Waals surface area (Å²) in [6.07, 6.45) is 1.31. The Hall–Kier alpha value is -3.78. The van der Waals surface area contributed by atoms with Crippen LogP contribution in [-0.2, 0) is 14.3 Å². The van der Waals surface area contributed by atoms with Crippen molar-refractivity contribution >= 4 is 46.7 Å². The second-order valence-corrected chi connectivity index (χ2v) is 9.54. The van der Waals surface area contributed by atoms with Crippen molar-refractivity contribution in [2.45, 2.75) is 22.6 Å². The number of nitrogens with one attached hydrogen (secondary N) is 1. The fourth-order valence-corrected chi connectivity index (χ4v) is 5.42. The maximum Gasteiger partial charge on any atom is 0.321 e. The highest BCUT2D eigenvalue weighted by molar-refractivity contribution is 7.99. The number of rotatable bonds is 4. The minimum atomic E-state index is -0.463. The van der Waals surface area contributed by atoms with Gasteiger partial charge >= 0.3 is 12.0 Å². The van der Waals surface area contributed by atoms with Crippen molar-refractivity contribution in [3.05, 3.63) is 78.9 Å². The Bertz CT molecular complexity index is 1200. The molecule has 8 heteroatoms. The van der Waals surface area contributed by atoms with Crippen molar-refractivity contribution in [1.29, 1.82) is 0 Å². The molecule has 0 aromatic heterocycles. The molecule has 0 saturated carbocycles. The SMILES string of the molecule is O=C(OCC(=O)N1c2ccccc2Sc2ccccc21)[C@@H]1CCCN(C(=O)Nc2ccccc2)C1. The van der Waals surface area contributed by atoms with Crippen molar-refractivity contribution in [2.75, 3.05) is 29.9 Å². The van der Waals surface area contributed by atoms with E-state index in [0.29, 0.717) is 25.1 Å². The number of esters is 1. The molecular weight excluding hydrogens is 462 g/mol. The molecule has 0 aliphatic carbocycles. The Labute approximate surface area is 208 Å². The molecule has 1 N–H and O–H groups in total. The maximum absolute atomic E-state index is 13.3. The Morgan fingerprint density at radius 1 is 0.886 bits per heavy atom. The molecule has 1 atom stereocenters. The molecule has 0 radical (unpaired) electrons. The van der Waals surface area contributed by atoms with Crippen LogP contribution in [0.5, 0.6) is 0 Å². The third kappa shape index (κ3) is 5.02. The topological polar surface area (TPSA) is 79.0 Å². The van der Waals surface area contributed by atoms with Gasteiger partial charge in [-0.25, -0.2) is 4.79 Å². The molecule has 7 nitrogen and oxygen atoms in total. The number of carbonyl (C=O) groups is 3. The average Bonchev–Trinajstić information content (AvgIpc) is 2.90. The van der Waals surface area contributed by atoms with Crippen molar-refractivity contribution in [1.82, 2.24) is 4.90 Å². The number of nitrogens with zero attached hydrogens (tertiary/aromatic N) is 2. The third-order valence-corrected chi connectivity index (χ3v) is 7.22. The van der Waals surface area contributed by atoms with Crippen LogP contribution in [0.4, 0.5) is 21.9 Å². The first-order chi connectivity index (χ1) is 17.1. The highest BCUT2D eigenvalue weighted by atomic mass is 32.2. The lowest BCUT2D eigenvalue weighted by Crippen LogP contribution is -2.45. The third-order valence-electron chi connectivity index (χ3n) is 6.09. The summed E-state index contributed by atoms with van der Waals surface area (Å²) in [4.78, 5) is 43.9. The number of fused-ring (bicyclic) bond motifs is 2. The first kappa shape index (κ1) is 23.0. The average molecular weight is 488 g/mol. The predicted octanol–water partition coefficient (Wildman–Crippen LogP) is 5.30. The van der Waals surface area contributed by atoms with E-state index in [1.165, 1.54) is 0 Å². The monoisotopic (exact) mass is 487 g/mol. The summed E-state index contributed by atoms with van der Waals surface area (Å²) in [6.45, 7) is 0.469. The number of urea groups is 1. The number of piperidine rings is 1. The van der Waals surface area contributed by atoms with Crippen LogP contribution in [0.3, 0.4) is 0 Å². The molecule has 1 fully saturated rings. The van der Waals surface area contributed by atoms with Crippen molar-refractivity contribution in [2.24, 2.45) is 5.92 Å². The van der Waals surface area contributed by atoms with Gasteiger partial charge in [-0.15, -0.1) is 0 Å². The minimum Gasteiger partial charge on any atom is -0.455 e. The van der Waals surface area contributed by atoms with Crippen LogP contribution in [0, 0.1) is 5.92 Å². The number of likely N-dealkylation sites (tertiary alicyclic amines) is 1. The second kappa shape index (κ2) is 10.2. The van der Waals surface area contributed by atoms with Gasteiger partial charge < -0.3 is 15.0 Å². The summed E-state index contributed by atoms with van der Waals surface area (Å²) in [5.41, 5.74) is 2.26. The summed E-state index contributed by atoms with van der Waals surface area (Å²) < 4.78 is 5.48. The zero-order valence-electron chi connectivity index (χ0n) is 19.1. The summed E-state index contributed by atoms with van der Waals surface area (Å²) in [5.74, 6) is -1.23. The van der Waals surface area contributed by atoms with E-state index < -0.39 is 11.9 Å². The van der Waals surface area contributed by atoms with E-state index in [0.717, 1.165) is 21.2 Å². The number of amides is 3. The molecule has 2 aliphatic heterocycles. The summed E-state index contributed by atoms with van der Waals surface area (Å²) in [7, 11) is 0. The van der Waals surface area contributed by atoms with E-state index in [9.17, 15) is 14.4 Å². The van der Waals surface area contributed by atoms with Gasteiger partial charge in [-0.3, -0.25) is 14.5 Å². The van der Waals surface area contributed by atoms with Gasteiger partial charge in [0.2, 0.25) is 0 Å².